The predicted molar refractivity (Wildman–Crippen MR) is 220 cm³/mol. The van der Waals surface area contributed by atoms with Crippen LogP contribution >= 0.6 is 11.3 Å². The van der Waals surface area contributed by atoms with E-state index in [0.717, 1.165) is 24.2 Å². The molecule has 2 aromatic heterocycles. The van der Waals surface area contributed by atoms with Crippen molar-refractivity contribution in [2.24, 2.45) is 0 Å². The number of benzene rings is 7. The van der Waals surface area contributed by atoms with Gasteiger partial charge in [-0.05, 0) is 95.8 Å². The lowest BCUT2D eigenvalue weighted by Crippen LogP contribution is -2.10. The molecule has 0 unspecified atom stereocenters. The molecule has 0 bridgehead atoms. The highest BCUT2D eigenvalue weighted by molar-refractivity contribution is 7.26. The van der Waals surface area contributed by atoms with Gasteiger partial charge >= 0.3 is 0 Å². The SMILES string of the molecule is C1=CC(c2ccc(N(c3ccc(-c4cccc5c4c4ccccc4n5-c4ccccc4)cc3)c3cccc4c3sc3ccccc34)cc2)=CCC1. The Morgan fingerprint density at radius 3 is 1.96 bits per heavy atom. The van der Waals surface area contributed by atoms with Crippen molar-refractivity contribution in [3.8, 4) is 16.8 Å². The van der Waals surface area contributed by atoms with Crippen LogP contribution in [-0.4, -0.2) is 4.57 Å². The normalized spacial score (nSPS) is 13.0. The first kappa shape index (κ1) is 29.7. The summed E-state index contributed by atoms with van der Waals surface area (Å²) in [6, 6.07) is 59.9. The number of rotatable bonds is 6. The van der Waals surface area contributed by atoms with Gasteiger partial charge in [0.1, 0.15) is 0 Å². The summed E-state index contributed by atoms with van der Waals surface area (Å²) in [6.45, 7) is 0. The molecule has 0 saturated heterocycles. The number of aromatic nitrogens is 1. The molecule has 1 aliphatic rings. The van der Waals surface area contributed by atoms with E-state index in [1.54, 1.807) is 0 Å². The van der Waals surface area contributed by atoms with Crippen molar-refractivity contribution >= 4 is 76.0 Å². The van der Waals surface area contributed by atoms with E-state index in [2.05, 4.69) is 191 Å². The van der Waals surface area contributed by atoms with Gasteiger partial charge in [-0.3, -0.25) is 0 Å². The maximum atomic E-state index is 2.43. The Hall–Kier alpha value is -6.16. The Kier molecular flexibility index (Phi) is 7.18. The summed E-state index contributed by atoms with van der Waals surface area (Å²) < 4.78 is 4.99. The third kappa shape index (κ3) is 5.00. The van der Waals surface area contributed by atoms with E-state index in [-0.39, 0.29) is 0 Å². The largest absolute Gasteiger partial charge is 0.309 e. The second-order valence-electron chi connectivity index (χ2n) is 13.2. The number of allylic oxidation sites excluding steroid dienone is 4. The fourth-order valence-corrected chi connectivity index (χ4v) is 9.08. The number of hydrogen-bond acceptors (Lipinski definition) is 2. The maximum Gasteiger partial charge on any atom is 0.0640 e. The van der Waals surface area contributed by atoms with Crippen LogP contribution in [-0.2, 0) is 0 Å². The summed E-state index contributed by atoms with van der Waals surface area (Å²) in [5, 5.41) is 5.14. The van der Waals surface area contributed by atoms with Crippen LogP contribution in [0, 0.1) is 0 Å². The molecule has 242 valence electrons. The topological polar surface area (TPSA) is 8.17 Å². The summed E-state index contributed by atoms with van der Waals surface area (Å²) in [4.78, 5) is 2.43. The molecule has 2 heterocycles. The minimum absolute atomic E-state index is 1.10. The highest BCUT2D eigenvalue weighted by Gasteiger charge is 2.20. The fraction of sp³-hybridized carbons (Fsp3) is 0.0417. The molecule has 0 spiro atoms. The van der Waals surface area contributed by atoms with E-state index in [1.165, 1.54) is 75.6 Å². The molecular weight excluding hydrogens is 637 g/mol. The van der Waals surface area contributed by atoms with Crippen molar-refractivity contribution in [1.82, 2.24) is 4.57 Å². The molecule has 3 heteroatoms. The molecule has 2 nitrogen and oxygen atoms in total. The lowest BCUT2D eigenvalue weighted by molar-refractivity contribution is 1.04. The Labute approximate surface area is 301 Å². The maximum absolute atomic E-state index is 2.43. The van der Waals surface area contributed by atoms with E-state index in [9.17, 15) is 0 Å². The van der Waals surface area contributed by atoms with Gasteiger partial charge in [0.05, 0.1) is 21.4 Å². The number of anilines is 3. The molecular formula is C48H34N2S. The van der Waals surface area contributed by atoms with Gasteiger partial charge in [-0.25, -0.2) is 0 Å². The first-order chi connectivity index (χ1) is 25.3. The second-order valence-corrected chi connectivity index (χ2v) is 14.3. The smallest absolute Gasteiger partial charge is 0.0640 e. The van der Waals surface area contributed by atoms with Gasteiger partial charge < -0.3 is 9.47 Å². The van der Waals surface area contributed by atoms with Gasteiger partial charge in [0.25, 0.3) is 0 Å². The van der Waals surface area contributed by atoms with Crippen molar-refractivity contribution < 1.29 is 0 Å². The quantitative estimate of drug-likeness (QED) is 0.171. The Balaban J connectivity index is 1.13. The van der Waals surface area contributed by atoms with Gasteiger partial charge in [0, 0.05) is 43.3 Å². The van der Waals surface area contributed by atoms with E-state index in [1.807, 2.05) is 11.3 Å². The fourth-order valence-electron chi connectivity index (χ4n) is 7.87. The Bertz CT molecular complexity index is 2780. The average Bonchev–Trinajstić information content (AvgIpc) is 3.76. The molecule has 1 aliphatic carbocycles. The first-order valence-corrected chi connectivity index (χ1v) is 18.5. The summed E-state index contributed by atoms with van der Waals surface area (Å²) in [5.74, 6) is 0. The molecule has 0 N–H and O–H groups in total. The van der Waals surface area contributed by atoms with Crippen LogP contribution in [0.3, 0.4) is 0 Å². The molecule has 0 atom stereocenters. The van der Waals surface area contributed by atoms with E-state index < -0.39 is 0 Å². The second kappa shape index (κ2) is 12.3. The van der Waals surface area contributed by atoms with Crippen molar-refractivity contribution in [3.63, 3.8) is 0 Å². The predicted octanol–water partition coefficient (Wildman–Crippen LogP) is 14.0. The van der Waals surface area contributed by atoms with Crippen LogP contribution in [0.2, 0.25) is 0 Å². The summed E-state index contributed by atoms with van der Waals surface area (Å²) in [5.41, 5.74) is 12.1. The average molecular weight is 671 g/mol. The number of thiophene rings is 1. The van der Waals surface area contributed by atoms with Gasteiger partial charge in [0.15, 0.2) is 0 Å². The highest BCUT2D eigenvalue weighted by atomic mass is 32.1. The van der Waals surface area contributed by atoms with Crippen LogP contribution in [0.4, 0.5) is 17.1 Å². The summed E-state index contributed by atoms with van der Waals surface area (Å²) in [6.07, 6.45) is 9.10. The van der Waals surface area contributed by atoms with Gasteiger partial charge in [-0.1, -0.05) is 121 Å². The zero-order chi connectivity index (χ0) is 33.7. The van der Waals surface area contributed by atoms with Crippen LogP contribution in [0.15, 0.2) is 182 Å². The van der Waals surface area contributed by atoms with E-state index >= 15 is 0 Å². The summed E-state index contributed by atoms with van der Waals surface area (Å²) in [7, 11) is 0. The monoisotopic (exact) mass is 670 g/mol. The van der Waals surface area contributed by atoms with Crippen LogP contribution in [0.5, 0.6) is 0 Å². The molecule has 10 rings (SSSR count). The van der Waals surface area contributed by atoms with Crippen LogP contribution in [0.1, 0.15) is 18.4 Å². The Morgan fingerprint density at radius 1 is 0.510 bits per heavy atom. The molecule has 0 radical (unpaired) electrons. The van der Waals surface area contributed by atoms with Crippen molar-refractivity contribution in [1.29, 1.82) is 0 Å². The van der Waals surface area contributed by atoms with Gasteiger partial charge in [0.2, 0.25) is 0 Å². The molecule has 9 aromatic rings. The number of nitrogens with zero attached hydrogens (tertiary/aromatic N) is 2. The summed E-state index contributed by atoms with van der Waals surface area (Å²) >= 11 is 1.87. The molecule has 51 heavy (non-hydrogen) atoms. The number of fused-ring (bicyclic) bond motifs is 6. The third-order valence-corrected chi connectivity index (χ3v) is 11.4. The molecule has 7 aromatic carbocycles. The zero-order valence-corrected chi connectivity index (χ0v) is 28.9. The minimum atomic E-state index is 1.10. The standard InChI is InChI=1S/C48H34N2S/c1-3-13-33(14-4-1)34-25-29-37(30-26-34)49(45-23-12-20-41-40-17-8-10-24-46(40)51-48(41)45)38-31-27-35(28-32-38)39-19-11-22-44-47(39)42-18-7-9-21-43(42)50(44)36-15-5-2-6-16-36/h2-3,5-32H,1,4H2. The molecule has 0 fully saturated rings. The Morgan fingerprint density at radius 2 is 1.18 bits per heavy atom. The first-order valence-electron chi connectivity index (χ1n) is 17.7. The lowest BCUT2D eigenvalue weighted by Gasteiger charge is -2.26. The van der Waals surface area contributed by atoms with Crippen molar-refractivity contribution in [2.45, 2.75) is 12.8 Å². The van der Waals surface area contributed by atoms with E-state index in [0.29, 0.717) is 0 Å². The van der Waals surface area contributed by atoms with Crippen molar-refractivity contribution in [2.75, 3.05) is 4.90 Å². The minimum Gasteiger partial charge on any atom is -0.309 e. The van der Waals surface area contributed by atoms with Crippen molar-refractivity contribution in [3.05, 3.63) is 188 Å². The lowest BCUT2D eigenvalue weighted by atomic mass is 9.98. The zero-order valence-electron chi connectivity index (χ0n) is 28.0. The number of hydrogen-bond donors (Lipinski definition) is 0. The molecule has 0 saturated carbocycles. The van der Waals surface area contributed by atoms with E-state index in [4.69, 9.17) is 0 Å². The number of para-hydroxylation sites is 2. The third-order valence-electron chi connectivity index (χ3n) is 10.2. The molecule has 0 aliphatic heterocycles. The van der Waals surface area contributed by atoms with Gasteiger partial charge in [-0.15, -0.1) is 11.3 Å². The van der Waals surface area contributed by atoms with Gasteiger partial charge in [-0.2, -0.15) is 0 Å². The van der Waals surface area contributed by atoms with Crippen LogP contribution in [0.25, 0.3) is 64.4 Å². The molecule has 0 amide bonds. The highest BCUT2D eigenvalue weighted by Crippen LogP contribution is 2.46. The van der Waals surface area contributed by atoms with Crippen LogP contribution < -0.4 is 4.90 Å².